The van der Waals surface area contributed by atoms with Crippen LogP contribution in [0.5, 0.6) is 11.5 Å². The van der Waals surface area contributed by atoms with E-state index in [2.05, 4.69) is 15.3 Å². The molecule has 6 nitrogen and oxygen atoms in total. The standard InChI is InChI=1S/C21H19N3O3/c25-21(16-5-6-18(24-13-16)15-7-10-22-11-8-15)23-12-9-17-14-26-19-3-1-2-4-20(19)27-17/h1-8,10-11,13,17H,9,12,14H2,(H,23,25)/t17-/m0/s1. The molecule has 0 aliphatic carbocycles. The summed E-state index contributed by atoms with van der Waals surface area (Å²) < 4.78 is 11.6. The molecule has 1 aromatic carbocycles. The van der Waals surface area contributed by atoms with Crippen LogP contribution in [-0.2, 0) is 0 Å². The molecule has 0 spiro atoms. The molecule has 0 radical (unpaired) electrons. The summed E-state index contributed by atoms with van der Waals surface area (Å²) in [4.78, 5) is 20.6. The van der Waals surface area contributed by atoms with Gasteiger partial charge < -0.3 is 14.8 Å². The maximum Gasteiger partial charge on any atom is 0.252 e. The van der Waals surface area contributed by atoms with Gasteiger partial charge in [-0.2, -0.15) is 0 Å². The van der Waals surface area contributed by atoms with Gasteiger partial charge in [0.1, 0.15) is 12.7 Å². The van der Waals surface area contributed by atoms with Crippen LogP contribution in [-0.4, -0.2) is 35.1 Å². The molecule has 0 saturated heterocycles. The van der Waals surface area contributed by atoms with Crippen LogP contribution in [0.15, 0.2) is 67.1 Å². The van der Waals surface area contributed by atoms with Gasteiger partial charge in [0.05, 0.1) is 11.3 Å². The number of rotatable bonds is 5. The zero-order chi connectivity index (χ0) is 18.5. The van der Waals surface area contributed by atoms with E-state index in [1.165, 1.54) is 0 Å². The third kappa shape index (κ3) is 4.06. The molecule has 1 amide bonds. The Balaban J connectivity index is 1.29. The van der Waals surface area contributed by atoms with Crippen molar-refractivity contribution in [1.29, 1.82) is 0 Å². The molecule has 136 valence electrons. The molecule has 1 aliphatic heterocycles. The van der Waals surface area contributed by atoms with Gasteiger partial charge in [-0.15, -0.1) is 0 Å². The lowest BCUT2D eigenvalue weighted by atomic mass is 10.1. The number of ether oxygens (including phenoxy) is 2. The summed E-state index contributed by atoms with van der Waals surface area (Å²) in [5.41, 5.74) is 2.30. The van der Waals surface area contributed by atoms with Gasteiger partial charge in [0.15, 0.2) is 11.5 Å². The van der Waals surface area contributed by atoms with E-state index in [9.17, 15) is 4.79 Å². The molecule has 1 atom stereocenters. The zero-order valence-corrected chi connectivity index (χ0v) is 14.7. The number of nitrogens with one attached hydrogen (secondary N) is 1. The van der Waals surface area contributed by atoms with Crippen LogP contribution in [0.2, 0.25) is 0 Å². The molecule has 3 aromatic rings. The predicted octanol–water partition coefficient (Wildman–Crippen LogP) is 3.10. The summed E-state index contributed by atoms with van der Waals surface area (Å²) >= 11 is 0. The Morgan fingerprint density at radius 2 is 1.89 bits per heavy atom. The van der Waals surface area contributed by atoms with Gasteiger partial charge in [-0.05, 0) is 36.4 Å². The minimum atomic E-state index is -0.152. The van der Waals surface area contributed by atoms with Gasteiger partial charge in [-0.1, -0.05) is 12.1 Å². The second-order valence-electron chi connectivity index (χ2n) is 6.21. The molecule has 1 aliphatic rings. The Morgan fingerprint density at radius 1 is 1.07 bits per heavy atom. The van der Waals surface area contributed by atoms with E-state index in [0.29, 0.717) is 25.1 Å². The molecular formula is C21H19N3O3. The number of pyridine rings is 2. The average molecular weight is 361 g/mol. The first kappa shape index (κ1) is 17.0. The number of benzene rings is 1. The lowest BCUT2D eigenvalue weighted by molar-refractivity contribution is 0.0812. The van der Waals surface area contributed by atoms with Crippen molar-refractivity contribution in [2.75, 3.05) is 13.2 Å². The fraction of sp³-hybridized carbons (Fsp3) is 0.190. The van der Waals surface area contributed by atoms with Crippen LogP contribution in [0.1, 0.15) is 16.8 Å². The summed E-state index contributed by atoms with van der Waals surface area (Å²) in [7, 11) is 0. The van der Waals surface area contributed by atoms with Gasteiger partial charge in [-0.25, -0.2) is 0 Å². The maximum absolute atomic E-state index is 12.3. The summed E-state index contributed by atoms with van der Waals surface area (Å²) in [6.07, 6.45) is 5.61. The molecular weight excluding hydrogens is 342 g/mol. The Kier molecular flexibility index (Phi) is 4.96. The van der Waals surface area contributed by atoms with Crippen molar-refractivity contribution in [3.63, 3.8) is 0 Å². The minimum Gasteiger partial charge on any atom is -0.486 e. The Hall–Kier alpha value is -3.41. The van der Waals surface area contributed by atoms with Gasteiger partial charge in [0, 0.05) is 37.1 Å². The highest BCUT2D eigenvalue weighted by molar-refractivity contribution is 5.94. The van der Waals surface area contributed by atoms with Crippen LogP contribution >= 0.6 is 0 Å². The van der Waals surface area contributed by atoms with Gasteiger partial charge in [0.25, 0.3) is 5.91 Å². The summed E-state index contributed by atoms with van der Waals surface area (Å²) in [6, 6.07) is 15.0. The second-order valence-corrected chi connectivity index (χ2v) is 6.21. The van der Waals surface area contributed by atoms with Crippen molar-refractivity contribution in [3.8, 4) is 22.8 Å². The molecule has 0 unspecified atom stereocenters. The van der Waals surface area contributed by atoms with E-state index in [4.69, 9.17) is 9.47 Å². The highest BCUT2D eigenvalue weighted by atomic mass is 16.6. The maximum atomic E-state index is 12.3. The van der Waals surface area contributed by atoms with E-state index in [1.54, 1.807) is 24.7 Å². The SMILES string of the molecule is O=C(NCC[C@H]1COc2ccccc2O1)c1ccc(-c2ccncc2)nc1. The van der Waals surface area contributed by atoms with E-state index < -0.39 is 0 Å². The van der Waals surface area contributed by atoms with Crippen molar-refractivity contribution in [2.24, 2.45) is 0 Å². The van der Waals surface area contributed by atoms with Gasteiger partial charge >= 0.3 is 0 Å². The third-order valence-electron chi connectivity index (χ3n) is 4.32. The van der Waals surface area contributed by atoms with Gasteiger partial charge in [-0.3, -0.25) is 14.8 Å². The highest BCUT2D eigenvalue weighted by Gasteiger charge is 2.20. The normalized spacial score (nSPS) is 15.2. The van der Waals surface area contributed by atoms with Crippen LogP contribution in [0, 0.1) is 0 Å². The Labute approximate surface area is 157 Å². The molecule has 0 bridgehead atoms. The van der Waals surface area contributed by atoms with Crippen molar-refractivity contribution < 1.29 is 14.3 Å². The molecule has 1 N–H and O–H groups in total. The van der Waals surface area contributed by atoms with E-state index in [0.717, 1.165) is 22.8 Å². The minimum absolute atomic E-state index is 0.0765. The fourth-order valence-electron chi connectivity index (χ4n) is 2.88. The number of carbonyl (C=O) groups is 1. The van der Waals surface area contributed by atoms with Crippen molar-refractivity contribution >= 4 is 5.91 Å². The molecule has 4 rings (SSSR count). The fourth-order valence-corrected chi connectivity index (χ4v) is 2.88. The van der Waals surface area contributed by atoms with E-state index in [1.807, 2.05) is 42.5 Å². The first-order valence-electron chi connectivity index (χ1n) is 8.83. The summed E-state index contributed by atoms with van der Waals surface area (Å²) in [5.74, 6) is 1.36. The predicted molar refractivity (Wildman–Crippen MR) is 101 cm³/mol. The molecule has 2 aromatic heterocycles. The van der Waals surface area contributed by atoms with Crippen LogP contribution in [0.25, 0.3) is 11.3 Å². The number of para-hydroxylation sites is 2. The van der Waals surface area contributed by atoms with Crippen LogP contribution in [0.3, 0.4) is 0 Å². The summed E-state index contributed by atoms with van der Waals surface area (Å²) in [5, 5.41) is 2.90. The van der Waals surface area contributed by atoms with Crippen molar-refractivity contribution in [2.45, 2.75) is 12.5 Å². The number of hydrogen-bond acceptors (Lipinski definition) is 5. The topological polar surface area (TPSA) is 73.3 Å². The average Bonchev–Trinajstić information content (AvgIpc) is 2.74. The van der Waals surface area contributed by atoms with Crippen molar-refractivity contribution in [3.05, 3.63) is 72.7 Å². The summed E-state index contributed by atoms with van der Waals surface area (Å²) in [6.45, 7) is 0.982. The Morgan fingerprint density at radius 3 is 2.67 bits per heavy atom. The zero-order valence-electron chi connectivity index (χ0n) is 14.7. The lowest BCUT2D eigenvalue weighted by Crippen LogP contribution is -2.34. The van der Waals surface area contributed by atoms with E-state index in [-0.39, 0.29) is 12.0 Å². The van der Waals surface area contributed by atoms with Crippen LogP contribution < -0.4 is 14.8 Å². The number of aromatic nitrogens is 2. The number of carbonyl (C=O) groups excluding carboxylic acids is 1. The smallest absolute Gasteiger partial charge is 0.252 e. The Bertz CT molecular complexity index is 913. The first-order chi connectivity index (χ1) is 13.3. The first-order valence-corrected chi connectivity index (χ1v) is 8.83. The van der Waals surface area contributed by atoms with Crippen molar-refractivity contribution in [1.82, 2.24) is 15.3 Å². The van der Waals surface area contributed by atoms with E-state index >= 15 is 0 Å². The largest absolute Gasteiger partial charge is 0.486 e. The number of fused-ring (bicyclic) bond motifs is 1. The molecule has 3 heterocycles. The molecule has 6 heteroatoms. The number of hydrogen-bond donors (Lipinski definition) is 1. The number of amides is 1. The molecule has 0 saturated carbocycles. The quantitative estimate of drug-likeness (QED) is 0.756. The lowest BCUT2D eigenvalue weighted by Gasteiger charge is -2.26. The van der Waals surface area contributed by atoms with Crippen LogP contribution in [0.4, 0.5) is 0 Å². The number of nitrogens with zero attached hydrogens (tertiary/aromatic N) is 2. The highest BCUT2D eigenvalue weighted by Crippen LogP contribution is 2.31. The second kappa shape index (κ2) is 7.86. The third-order valence-corrected chi connectivity index (χ3v) is 4.32. The van der Waals surface area contributed by atoms with Gasteiger partial charge in [0.2, 0.25) is 0 Å². The monoisotopic (exact) mass is 361 g/mol. The molecule has 0 fully saturated rings. The molecule has 27 heavy (non-hydrogen) atoms.